The third-order valence-electron chi connectivity index (χ3n) is 3.63. The molecule has 0 atom stereocenters. The van der Waals surface area contributed by atoms with Crippen LogP contribution in [0.1, 0.15) is 28.5 Å². The number of carbonyl (C=O) groups is 1. The number of hydrogen-bond donors (Lipinski definition) is 0. The minimum atomic E-state index is -0.880. The smallest absolute Gasteiger partial charge is 0.341 e. The molecule has 3 aromatic rings. The molecular formula is C18H16F2N4O2S. The third-order valence-corrected chi connectivity index (χ3v) is 4.62. The Hall–Kier alpha value is -2.81. The van der Waals surface area contributed by atoms with Crippen LogP contribution in [0.3, 0.4) is 0 Å². The summed E-state index contributed by atoms with van der Waals surface area (Å²) in [6.45, 7) is 3.73. The van der Waals surface area contributed by atoms with Crippen LogP contribution >= 0.6 is 11.8 Å². The number of nitrogens with zero attached hydrogens (tertiary/aromatic N) is 4. The molecule has 0 saturated carbocycles. The topological polar surface area (TPSA) is 69.9 Å². The highest BCUT2D eigenvalue weighted by Crippen LogP contribution is 2.23. The van der Waals surface area contributed by atoms with Gasteiger partial charge < -0.3 is 4.74 Å². The molecule has 0 amide bonds. The SMILES string of the molecule is CCOC(=O)c1cn(-c2cc(SCc3ccc(F)c(F)c3)ncn2)nc1C. The van der Waals surface area contributed by atoms with Crippen molar-refractivity contribution in [3.63, 3.8) is 0 Å². The van der Waals surface area contributed by atoms with E-state index < -0.39 is 17.6 Å². The summed E-state index contributed by atoms with van der Waals surface area (Å²) in [5, 5.41) is 4.92. The summed E-state index contributed by atoms with van der Waals surface area (Å²) in [5.74, 6) is -1.30. The Labute approximate surface area is 158 Å². The fraction of sp³-hybridized carbons (Fsp3) is 0.222. The van der Waals surface area contributed by atoms with Crippen molar-refractivity contribution < 1.29 is 18.3 Å². The molecule has 6 nitrogen and oxygen atoms in total. The van der Waals surface area contributed by atoms with Crippen molar-refractivity contribution in [1.82, 2.24) is 19.7 Å². The van der Waals surface area contributed by atoms with Crippen molar-refractivity contribution in [3.8, 4) is 5.82 Å². The summed E-state index contributed by atoms with van der Waals surface area (Å²) in [7, 11) is 0. The van der Waals surface area contributed by atoms with Gasteiger partial charge in [-0.05, 0) is 31.5 Å². The second-order valence-corrected chi connectivity index (χ2v) is 6.54. The minimum Gasteiger partial charge on any atom is -0.462 e. The third kappa shape index (κ3) is 4.48. The molecule has 140 valence electrons. The van der Waals surface area contributed by atoms with Gasteiger partial charge in [0, 0.05) is 18.0 Å². The van der Waals surface area contributed by atoms with E-state index in [1.54, 1.807) is 26.1 Å². The Balaban J connectivity index is 1.76. The van der Waals surface area contributed by atoms with Crippen molar-refractivity contribution in [3.05, 3.63) is 65.2 Å². The molecule has 0 aliphatic rings. The maximum atomic E-state index is 13.3. The number of hydrogen-bond acceptors (Lipinski definition) is 6. The van der Waals surface area contributed by atoms with Gasteiger partial charge >= 0.3 is 5.97 Å². The first-order chi connectivity index (χ1) is 13.0. The molecule has 0 bridgehead atoms. The second-order valence-electron chi connectivity index (χ2n) is 5.54. The van der Waals surface area contributed by atoms with E-state index in [9.17, 15) is 13.6 Å². The molecular weight excluding hydrogens is 374 g/mol. The van der Waals surface area contributed by atoms with E-state index in [1.165, 1.54) is 28.8 Å². The number of aromatic nitrogens is 4. The molecule has 0 N–H and O–H groups in total. The highest BCUT2D eigenvalue weighted by Gasteiger charge is 2.16. The van der Waals surface area contributed by atoms with E-state index >= 15 is 0 Å². The first kappa shape index (κ1) is 19.0. The van der Waals surface area contributed by atoms with Crippen molar-refractivity contribution in [2.24, 2.45) is 0 Å². The molecule has 0 aliphatic heterocycles. The summed E-state index contributed by atoms with van der Waals surface area (Å²) < 4.78 is 32.8. The van der Waals surface area contributed by atoms with E-state index in [4.69, 9.17) is 4.74 Å². The van der Waals surface area contributed by atoms with Gasteiger partial charge in [-0.1, -0.05) is 6.07 Å². The van der Waals surface area contributed by atoms with Crippen LogP contribution < -0.4 is 0 Å². The molecule has 3 rings (SSSR count). The molecule has 0 radical (unpaired) electrons. The van der Waals surface area contributed by atoms with E-state index in [2.05, 4.69) is 15.1 Å². The fourth-order valence-electron chi connectivity index (χ4n) is 2.31. The van der Waals surface area contributed by atoms with Gasteiger partial charge in [0.15, 0.2) is 17.5 Å². The molecule has 2 heterocycles. The maximum absolute atomic E-state index is 13.3. The number of esters is 1. The lowest BCUT2D eigenvalue weighted by Gasteiger charge is -2.04. The number of aryl methyl sites for hydroxylation is 1. The van der Waals surface area contributed by atoms with Gasteiger partial charge in [0.25, 0.3) is 0 Å². The predicted octanol–water partition coefficient (Wildman–Crippen LogP) is 3.72. The molecule has 0 fully saturated rings. The molecule has 1 aromatic carbocycles. The molecule has 0 unspecified atom stereocenters. The van der Waals surface area contributed by atoms with Crippen molar-refractivity contribution in [2.75, 3.05) is 6.61 Å². The Morgan fingerprint density at radius 3 is 2.78 bits per heavy atom. The lowest BCUT2D eigenvalue weighted by Crippen LogP contribution is -2.04. The monoisotopic (exact) mass is 390 g/mol. The Bertz CT molecular complexity index is 978. The maximum Gasteiger partial charge on any atom is 0.341 e. The summed E-state index contributed by atoms with van der Waals surface area (Å²) in [5.41, 5.74) is 1.54. The summed E-state index contributed by atoms with van der Waals surface area (Å²) >= 11 is 1.35. The van der Waals surface area contributed by atoms with Crippen molar-refractivity contribution in [2.45, 2.75) is 24.6 Å². The van der Waals surface area contributed by atoms with Gasteiger partial charge in [0.1, 0.15) is 16.9 Å². The molecule has 0 aliphatic carbocycles. The standard InChI is InChI=1S/C18H16F2N4O2S/c1-3-26-18(25)13-8-24(23-11(13)2)16-7-17(22-10-21-16)27-9-12-4-5-14(19)15(20)6-12/h4-8,10H,3,9H2,1-2H3. The number of rotatable bonds is 6. The van der Waals surface area contributed by atoms with Crippen LogP contribution in [0.4, 0.5) is 8.78 Å². The Morgan fingerprint density at radius 2 is 2.04 bits per heavy atom. The highest BCUT2D eigenvalue weighted by molar-refractivity contribution is 7.98. The fourth-order valence-corrected chi connectivity index (χ4v) is 3.11. The number of ether oxygens (including phenoxy) is 1. The largest absolute Gasteiger partial charge is 0.462 e. The van der Waals surface area contributed by atoms with Crippen LogP contribution in [0.15, 0.2) is 41.8 Å². The number of halogens is 2. The molecule has 0 spiro atoms. The van der Waals surface area contributed by atoms with Gasteiger partial charge in [0.05, 0.1) is 12.3 Å². The summed E-state index contributed by atoms with van der Waals surface area (Å²) in [6.07, 6.45) is 2.93. The highest BCUT2D eigenvalue weighted by atomic mass is 32.2. The summed E-state index contributed by atoms with van der Waals surface area (Å²) in [6, 6.07) is 5.48. The van der Waals surface area contributed by atoms with Crippen LogP contribution in [-0.2, 0) is 10.5 Å². The predicted molar refractivity (Wildman–Crippen MR) is 95.8 cm³/mol. The molecule has 2 aromatic heterocycles. The molecule has 0 saturated heterocycles. The normalized spacial score (nSPS) is 10.8. The lowest BCUT2D eigenvalue weighted by molar-refractivity contribution is 0.0525. The van der Waals surface area contributed by atoms with E-state index in [0.717, 1.165) is 12.1 Å². The Kier molecular flexibility index (Phi) is 5.80. The van der Waals surface area contributed by atoms with Gasteiger partial charge in [-0.25, -0.2) is 28.2 Å². The van der Waals surface area contributed by atoms with E-state index in [-0.39, 0.29) is 6.61 Å². The molecule has 27 heavy (non-hydrogen) atoms. The average molecular weight is 390 g/mol. The van der Waals surface area contributed by atoms with Crippen LogP contribution in [0.5, 0.6) is 0 Å². The van der Waals surface area contributed by atoms with Crippen LogP contribution in [0.2, 0.25) is 0 Å². The van der Waals surface area contributed by atoms with Crippen LogP contribution in [0.25, 0.3) is 5.82 Å². The van der Waals surface area contributed by atoms with Gasteiger partial charge in [-0.2, -0.15) is 5.10 Å². The zero-order valence-corrected chi connectivity index (χ0v) is 15.5. The number of thioether (sulfide) groups is 1. The first-order valence-corrected chi connectivity index (χ1v) is 9.09. The zero-order valence-electron chi connectivity index (χ0n) is 14.6. The quantitative estimate of drug-likeness (QED) is 0.363. The van der Waals surface area contributed by atoms with E-state index in [0.29, 0.717) is 33.4 Å². The van der Waals surface area contributed by atoms with Crippen LogP contribution in [0, 0.1) is 18.6 Å². The number of carbonyl (C=O) groups excluding carboxylic acids is 1. The molecule has 9 heteroatoms. The van der Waals surface area contributed by atoms with Crippen molar-refractivity contribution >= 4 is 17.7 Å². The van der Waals surface area contributed by atoms with Gasteiger partial charge in [-0.3, -0.25) is 0 Å². The van der Waals surface area contributed by atoms with E-state index in [1.807, 2.05) is 0 Å². The zero-order chi connectivity index (χ0) is 19.4. The lowest BCUT2D eigenvalue weighted by atomic mass is 10.2. The average Bonchev–Trinajstić information content (AvgIpc) is 3.05. The number of benzene rings is 1. The summed E-state index contributed by atoms with van der Waals surface area (Å²) in [4.78, 5) is 20.2. The van der Waals surface area contributed by atoms with Gasteiger partial charge in [0.2, 0.25) is 0 Å². The minimum absolute atomic E-state index is 0.279. The second kappa shape index (κ2) is 8.26. The Morgan fingerprint density at radius 1 is 1.22 bits per heavy atom. The van der Waals surface area contributed by atoms with Crippen molar-refractivity contribution in [1.29, 1.82) is 0 Å². The van der Waals surface area contributed by atoms with Gasteiger partial charge in [-0.15, -0.1) is 11.8 Å². The first-order valence-electron chi connectivity index (χ1n) is 8.10. The van der Waals surface area contributed by atoms with Crippen LogP contribution in [-0.4, -0.2) is 32.3 Å².